The Morgan fingerprint density at radius 1 is 1.10 bits per heavy atom. The van der Waals surface area contributed by atoms with Crippen molar-refractivity contribution in [3.63, 3.8) is 0 Å². The largest absolute Gasteiger partial charge is 0.337 e. The second-order valence-electron chi connectivity index (χ2n) is 6.00. The zero-order valence-corrected chi connectivity index (χ0v) is 12.3. The summed E-state index contributed by atoms with van der Waals surface area (Å²) in [7, 11) is 0. The number of pyridine rings is 1. The van der Waals surface area contributed by atoms with Gasteiger partial charge < -0.3 is 4.57 Å². The van der Waals surface area contributed by atoms with Crippen molar-refractivity contribution in [2.75, 3.05) is 0 Å². The molecule has 1 atom stereocenters. The SMILES string of the molecule is Cc1cc2c3c(c1)c(=O)cc(-c1ccccc1)n3C(C)C2. The fourth-order valence-corrected chi connectivity index (χ4v) is 3.57. The molecule has 2 aromatic carbocycles. The van der Waals surface area contributed by atoms with Gasteiger partial charge in [0.2, 0.25) is 0 Å². The van der Waals surface area contributed by atoms with E-state index in [0.29, 0.717) is 6.04 Å². The summed E-state index contributed by atoms with van der Waals surface area (Å²) in [5.41, 5.74) is 5.86. The molecular formula is C19H17NO. The summed E-state index contributed by atoms with van der Waals surface area (Å²) in [6, 6.07) is 16.6. The molecule has 1 aliphatic rings. The van der Waals surface area contributed by atoms with Crippen LogP contribution >= 0.6 is 0 Å². The van der Waals surface area contributed by atoms with Gasteiger partial charge in [0.25, 0.3) is 0 Å². The first kappa shape index (κ1) is 12.4. The molecule has 0 bridgehead atoms. The Morgan fingerprint density at radius 3 is 2.62 bits per heavy atom. The molecule has 4 rings (SSSR count). The number of aryl methyl sites for hydroxylation is 1. The summed E-state index contributed by atoms with van der Waals surface area (Å²) < 4.78 is 2.33. The minimum absolute atomic E-state index is 0.124. The summed E-state index contributed by atoms with van der Waals surface area (Å²) in [6.45, 7) is 4.29. The standard InChI is InChI=1S/C19H17NO/c1-12-8-15-10-13(2)20-17(14-6-4-3-5-7-14)11-18(21)16(9-12)19(15)20/h3-9,11,13H,10H2,1-2H3. The second-order valence-corrected chi connectivity index (χ2v) is 6.00. The Labute approximate surface area is 123 Å². The van der Waals surface area contributed by atoms with Crippen LogP contribution in [0.25, 0.3) is 22.2 Å². The van der Waals surface area contributed by atoms with Crippen molar-refractivity contribution >= 4 is 10.9 Å². The molecule has 3 aromatic rings. The van der Waals surface area contributed by atoms with Gasteiger partial charge in [-0.25, -0.2) is 0 Å². The van der Waals surface area contributed by atoms with E-state index in [-0.39, 0.29) is 5.43 Å². The normalized spacial score (nSPS) is 16.6. The fourth-order valence-electron chi connectivity index (χ4n) is 3.57. The van der Waals surface area contributed by atoms with Crippen LogP contribution in [0.1, 0.15) is 24.1 Å². The predicted molar refractivity (Wildman–Crippen MR) is 86.8 cm³/mol. The molecule has 0 saturated heterocycles. The van der Waals surface area contributed by atoms with E-state index >= 15 is 0 Å². The van der Waals surface area contributed by atoms with Crippen molar-refractivity contribution in [2.24, 2.45) is 0 Å². The molecule has 0 saturated carbocycles. The molecule has 1 aromatic heterocycles. The Balaban J connectivity index is 2.16. The molecule has 2 heteroatoms. The van der Waals surface area contributed by atoms with E-state index in [0.717, 1.165) is 28.6 Å². The fraction of sp³-hybridized carbons (Fsp3) is 0.211. The van der Waals surface area contributed by atoms with Crippen LogP contribution in [-0.4, -0.2) is 4.57 Å². The number of hydrogen-bond acceptors (Lipinski definition) is 1. The minimum atomic E-state index is 0.124. The van der Waals surface area contributed by atoms with Crippen LogP contribution in [0, 0.1) is 6.92 Å². The van der Waals surface area contributed by atoms with Crippen LogP contribution in [0.2, 0.25) is 0 Å². The van der Waals surface area contributed by atoms with E-state index in [4.69, 9.17) is 0 Å². The molecule has 0 spiro atoms. The van der Waals surface area contributed by atoms with Gasteiger partial charge in [-0.2, -0.15) is 0 Å². The number of aromatic nitrogens is 1. The van der Waals surface area contributed by atoms with Crippen molar-refractivity contribution in [1.82, 2.24) is 4.57 Å². The Hall–Kier alpha value is -2.35. The van der Waals surface area contributed by atoms with Crippen LogP contribution in [0.4, 0.5) is 0 Å². The maximum atomic E-state index is 12.6. The minimum Gasteiger partial charge on any atom is -0.337 e. The Morgan fingerprint density at radius 2 is 1.86 bits per heavy atom. The van der Waals surface area contributed by atoms with Crippen molar-refractivity contribution in [3.05, 3.63) is 69.9 Å². The van der Waals surface area contributed by atoms with Gasteiger partial charge >= 0.3 is 0 Å². The Kier molecular flexibility index (Phi) is 2.55. The molecule has 0 radical (unpaired) electrons. The highest BCUT2D eigenvalue weighted by molar-refractivity contribution is 5.87. The molecular weight excluding hydrogens is 258 g/mol. The van der Waals surface area contributed by atoms with Gasteiger partial charge in [0.15, 0.2) is 5.43 Å². The van der Waals surface area contributed by atoms with Crippen molar-refractivity contribution in [2.45, 2.75) is 26.3 Å². The van der Waals surface area contributed by atoms with Gasteiger partial charge in [-0.05, 0) is 43.0 Å². The zero-order chi connectivity index (χ0) is 14.6. The van der Waals surface area contributed by atoms with E-state index in [1.165, 1.54) is 11.1 Å². The smallest absolute Gasteiger partial charge is 0.190 e. The summed E-state index contributed by atoms with van der Waals surface area (Å²) in [5, 5.41) is 0.856. The van der Waals surface area contributed by atoms with Gasteiger partial charge in [0.1, 0.15) is 0 Å². The third-order valence-corrected chi connectivity index (χ3v) is 4.39. The lowest BCUT2D eigenvalue weighted by Gasteiger charge is -2.17. The lowest BCUT2D eigenvalue weighted by molar-refractivity contribution is 0.599. The predicted octanol–water partition coefficient (Wildman–Crippen LogP) is 4.09. The molecule has 0 N–H and O–H groups in total. The van der Waals surface area contributed by atoms with E-state index in [9.17, 15) is 4.79 Å². The van der Waals surface area contributed by atoms with E-state index in [1.54, 1.807) is 6.07 Å². The van der Waals surface area contributed by atoms with Crippen LogP contribution in [0.5, 0.6) is 0 Å². The first-order valence-corrected chi connectivity index (χ1v) is 7.39. The van der Waals surface area contributed by atoms with Crippen molar-refractivity contribution in [1.29, 1.82) is 0 Å². The zero-order valence-electron chi connectivity index (χ0n) is 12.3. The van der Waals surface area contributed by atoms with E-state index < -0.39 is 0 Å². The number of nitrogens with zero attached hydrogens (tertiary/aromatic N) is 1. The topological polar surface area (TPSA) is 22.0 Å². The third kappa shape index (κ3) is 1.75. The molecule has 2 heterocycles. The van der Waals surface area contributed by atoms with Crippen LogP contribution in [0.3, 0.4) is 0 Å². The molecule has 2 nitrogen and oxygen atoms in total. The highest BCUT2D eigenvalue weighted by atomic mass is 16.1. The van der Waals surface area contributed by atoms with Crippen LogP contribution < -0.4 is 5.43 Å². The first-order chi connectivity index (χ1) is 10.1. The molecule has 104 valence electrons. The highest BCUT2D eigenvalue weighted by Gasteiger charge is 2.24. The van der Waals surface area contributed by atoms with Gasteiger partial charge in [0.05, 0.1) is 11.2 Å². The Bertz CT molecular complexity index is 906. The van der Waals surface area contributed by atoms with Crippen LogP contribution in [0.15, 0.2) is 53.3 Å². The number of benzene rings is 2. The molecule has 1 unspecified atom stereocenters. The maximum Gasteiger partial charge on any atom is 0.190 e. The summed E-state index contributed by atoms with van der Waals surface area (Å²) in [5.74, 6) is 0. The van der Waals surface area contributed by atoms with Crippen molar-refractivity contribution in [3.8, 4) is 11.3 Å². The number of hydrogen-bond donors (Lipinski definition) is 0. The highest BCUT2D eigenvalue weighted by Crippen LogP contribution is 2.36. The van der Waals surface area contributed by atoms with Gasteiger partial charge in [-0.3, -0.25) is 4.79 Å². The average molecular weight is 275 g/mol. The summed E-state index contributed by atoms with van der Waals surface area (Å²) in [4.78, 5) is 12.6. The van der Waals surface area contributed by atoms with Gasteiger partial charge in [0, 0.05) is 17.5 Å². The lowest BCUT2D eigenvalue weighted by Crippen LogP contribution is -2.11. The average Bonchev–Trinajstić information content (AvgIpc) is 2.80. The summed E-state index contributed by atoms with van der Waals surface area (Å²) in [6.07, 6.45) is 1.00. The molecule has 0 aliphatic carbocycles. The van der Waals surface area contributed by atoms with Gasteiger partial charge in [-0.1, -0.05) is 36.4 Å². The molecule has 0 amide bonds. The monoisotopic (exact) mass is 275 g/mol. The lowest BCUT2D eigenvalue weighted by atomic mass is 10.0. The maximum absolute atomic E-state index is 12.6. The first-order valence-electron chi connectivity index (χ1n) is 7.39. The second kappa shape index (κ2) is 4.32. The summed E-state index contributed by atoms with van der Waals surface area (Å²) >= 11 is 0. The van der Waals surface area contributed by atoms with Crippen LogP contribution in [-0.2, 0) is 6.42 Å². The number of rotatable bonds is 1. The van der Waals surface area contributed by atoms with Crippen molar-refractivity contribution < 1.29 is 0 Å². The van der Waals surface area contributed by atoms with Gasteiger partial charge in [-0.15, -0.1) is 0 Å². The third-order valence-electron chi connectivity index (χ3n) is 4.39. The van der Waals surface area contributed by atoms with E-state index in [1.807, 2.05) is 24.3 Å². The molecule has 21 heavy (non-hydrogen) atoms. The van der Waals surface area contributed by atoms with E-state index in [2.05, 4.69) is 36.6 Å². The molecule has 0 fully saturated rings. The quantitative estimate of drug-likeness (QED) is 0.655. The molecule has 1 aliphatic heterocycles.